The predicted octanol–water partition coefficient (Wildman–Crippen LogP) is 3.87. The van der Waals surface area contributed by atoms with Gasteiger partial charge in [-0.25, -0.2) is 9.78 Å². The van der Waals surface area contributed by atoms with Crippen molar-refractivity contribution in [2.45, 2.75) is 18.9 Å². The van der Waals surface area contributed by atoms with Crippen molar-refractivity contribution in [2.24, 2.45) is 0 Å². The number of β-amino-alcohol motifs (C(OH)–C–C–N with tert-alkyl or cyclic N) is 1. The van der Waals surface area contributed by atoms with Crippen LogP contribution in [-0.4, -0.2) is 64.2 Å². The van der Waals surface area contributed by atoms with Gasteiger partial charge in [0.1, 0.15) is 5.82 Å². The van der Waals surface area contributed by atoms with Gasteiger partial charge >= 0.3 is 6.03 Å². The van der Waals surface area contributed by atoms with Gasteiger partial charge in [0.05, 0.1) is 15.5 Å². The zero-order chi connectivity index (χ0) is 24.6. The van der Waals surface area contributed by atoms with Crippen LogP contribution >= 0.6 is 27.3 Å². The zero-order valence-electron chi connectivity index (χ0n) is 18.8. The summed E-state index contributed by atoms with van der Waals surface area (Å²) in [5, 5.41) is 23.7. The van der Waals surface area contributed by atoms with Crippen LogP contribution in [0.25, 0.3) is 0 Å². The van der Waals surface area contributed by atoms with Crippen molar-refractivity contribution in [2.75, 3.05) is 42.1 Å². The molecule has 5 N–H and O–H groups in total. The van der Waals surface area contributed by atoms with Gasteiger partial charge in [-0.3, -0.25) is 4.79 Å². The minimum absolute atomic E-state index is 0.0638. The van der Waals surface area contributed by atoms with Gasteiger partial charge in [-0.1, -0.05) is 12.1 Å². The maximum Gasteiger partial charge on any atom is 0.321 e. The fourth-order valence-corrected chi connectivity index (χ4v) is 4.45. The first-order valence-electron chi connectivity index (χ1n) is 11.2. The number of carbonyl (C=O) groups is 2. The molecule has 10 nitrogen and oxygen atoms in total. The van der Waals surface area contributed by atoms with E-state index in [1.165, 1.54) is 11.3 Å². The van der Waals surface area contributed by atoms with Gasteiger partial charge in [0, 0.05) is 43.8 Å². The molecule has 1 aromatic carbocycles. The van der Waals surface area contributed by atoms with Gasteiger partial charge in [-0.2, -0.15) is 4.98 Å². The number of halogens is 1. The number of rotatable bonds is 9. The largest absolute Gasteiger partial charge is 0.391 e. The number of likely N-dealkylation sites (tertiary alicyclic amines) is 1. The zero-order valence-corrected chi connectivity index (χ0v) is 21.2. The summed E-state index contributed by atoms with van der Waals surface area (Å²) in [5.74, 6) is 0.961. The molecule has 0 unspecified atom stereocenters. The molecule has 184 valence electrons. The summed E-state index contributed by atoms with van der Waals surface area (Å²) < 4.78 is 0.722. The first-order valence-corrected chi connectivity index (χ1v) is 12.8. The molecule has 2 aromatic heterocycles. The standard InChI is InChI=1S/C23H26BrN7O3S/c24-18-13-27-22(30-20(18)25-8-3-9-26-21(33)19-6-2-11-35-19)28-15-4-1-5-16(12-15)29-23(34)31-10-7-17(32)14-31/h1-2,4-6,11-13,17,32H,3,7-10,14H2,(H,26,33)(H,29,34)(H2,25,27,28,30)/t17-/m1/s1. The molecule has 0 aliphatic carbocycles. The van der Waals surface area contributed by atoms with E-state index in [-0.39, 0.29) is 11.9 Å². The van der Waals surface area contributed by atoms with Gasteiger partial charge < -0.3 is 31.3 Å². The summed E-state index contributed by atoms with van der Waals surface area (Å²) in [6.45, 7) is 2.04. The van der Waals surface area contributed by atoms with Gasteiger partial charge in [0.15, 0.2) is 0 Å². The minimum atomic E-state index is -0.462. The highest BCUT2D eigenvalue weighted by Gasteiger charge is 2.24. The average molecular weight is 560 g/mol. The number of nitrogens with zero attached hydrogens (tertiary/aromatic N) is 3. The molecule has 35 heavy (non-hydrogen) atoms. The summed E-state index contributed by atoms with van der Waals surface area (Å²) in [6.07, 6.45) is 2.51. The molecule has 3 heterocycles. The highest BCUT2D eigenvalue weighted by Crippen LogP contribution is 2.23. The molecule has 4 rings (SSSR count). The summed E-state index contributed by atoms with van der Waals surface area (Å²) >= 11 is 4.87. The summed E-state index contributed by atoms with van der Waals surface area (Å²) in [6, 6.07) is 10.7. The van der Waals surface area contributed by atoms with Gasteiger partial charge in [-0.15, -0.1) is 11.3 Å². The minimum Gasteiger partial charge on any atom is -0.391 e. The summed E-state index contributed by atoms with van der Waals surface area (Å²) in [4.78, 5) is 35.5. The molecule has 3 aromatic rings. The Morgan fingerprint density at radius 2 is 2.06 bits per heavy atom. The number of carbonyl (C=O) groups excluding carboxylic acids is 2. The van der Waals surface area contributed by atoms with Crippen LogP contribution in [0.4, 0.5) is 27.9 Å². The van der Waals surface area contributed by atoms with Crippen LogP contribution in [0.2, 0.25) is 0 Å². The summed E-state index contributed by atoms with van der Waals surface area (Å²) in [7, 11) is 0. The number of aromatic nitrogens is 2. The van der Waals surface area contributed by atoms with Crippen LogP contribution < -0.4 is 21.3 Å². The van der Waals surface area contributed by atoms with E-state index in [4.69, 9.17) is 0 Å². The van der Waals surface area contributed by atoms with E-state index in [9.17, 15) is 14.7 Å². The van der Waals surface area contributed by atoms with E-state index in [1.807, 2.05) is 23.6 Å². The Morgan fingerprint density at radius 1 is 1.20 bits per heavy atom. The van der Waals surface area contributed by atoms with Crippen molar-refractivity contribution in [3.63, 3.8) is 0 Å². The molecule has 0 bridgehead atoms. The normalized spacial score (nSPS) is 15.0. The molecular formula is C23H26BrN7O3S. The molecule has 1 aliphatic heterocycles. The first-order chi connectivity index (χ1) is 17.0. The van der Waals surface area contributed by atoms with Crippen molar-refractivity contribution in [1.82, 2.24) is 20.2 Å². The molecule has 1 saturated heterocycles. The molecule has 0 spiro atoms. The van der Waals surface area contributed by atoms with Crippen LogP contribution in [0.1, 0.15) is 22.5 Å². The SMILES string of the molecule is O=C(NCCCNc1nc(Nc2cccc(NC(=O)N3CC[C@@H](O)C3)c2)ncc1Br)c1cccs1. The topological polar surface area (TPSA) is 132 Å². The number of amides is 3. The third-order valence-electron chi connectivity index (χ3n) is 5.24. The van der Waals surface area contributed by atoms with Crippen molar-refractivity contribution in [3.8, 4) is 0 Å². The lowest BCUT2D eigenvalue weighted by molar-refractivity contribution is 0.0957. The Morgan fingerprint density at radius 3 is 2.83 bits per heavy atom. The molecular weight excluding hydrogens is 534 g/mol. The van der Waals surface area contributed by atoms with Crippen LogP contribution in [-0.2, 0) is 0 Å². The van der Waals surface area contributed by atoms with Crippen LogP contribution in [0.5, 0.6) is 0 Å². The van der Waals surface area contributed by atoms with E-state index in [0.717, 1.165) is 10.9 Å². The Hall–Kier alpha value is -3.22. The lowest BCUT2D eigenvalue weighted by Crippen LogP contribution is -2.33. The number of thiophene rings is 1. The average Bonchev–Trinajstić information content (AvgIpc) is 3.53. The van der Waals surface area contributed by atoms with E-state index in [1.54, 1.807) is 29.3 Å². The van der Waals surface area contributed by atoms with Crippen molar-refractivity contribution in [1.29, 1.82) is 0 Å². The van der Waals surface area contributed by atoms with Crippen LogP contribution in [0.15, 0.2) is 52.4 Å². The Labute approximate surface area is 215 Å². The number of nitrogens with one attached hydrogen (secondary N) is 4. The number of aliphatic hydroxyl groups is 1. The number of hydrogen-bond acceptors (Lipinski definition) is 8. The monoisotopic (exact) mass is 559 g/mol. The fourth-order valence-electron chi connectivity index (χ4n) is 3.48. The number of urea groups is 1. The maximum atomic E-state index is 12.4. The van der Waals surface area contributed by atoms with Crippen LogP contribution in [0.3, 0.4) is 0 Å². The lowest BCUT2D eigenvalue weighted by Gasteiger charge is -2.17. The first kappa shape index (κ1) is 24.9. The molecule has 0 saturated carbocycles. The van der Waals surface area contributed by atoms with Crippen LogP contribution in [0, 0.1) is 0 Å². The number of aliphatic hydroxyl groups excluding tert-OH is 1. The second-order valence-corrected chi connectivity index (χ2v) is 9.73. The Bertz CT molecular complexity index is 1160. The van der Waals surface area contributed by atoms with Crippen molar-refractivity contribution >= 4 is 62.3 Å². The number of anilines is 4. The molecule has 1 fully saturated rings. The van der Waals surface area contributed by atoms with E-state index < -0.39 is 6.10 Å². The van der Waals surface area contributed by atoms with E-state index in [0.29, 0.717) is 60.6 Å². The molecule has 0 radical (unpaired) electrons. The molecule has 1 aliphatic rings. The number of benzene rings is 1. The third kappa shape index (κ3) is 7.13. The van der Waals surface area contributed by atoms with E-state index in [2.05, 4.69) is 47.2 Å². The second-order valence-electron chi connectivity index (χ2n) is 7.93. The summed E-state index contributed by atoms with van der Waals surface area (Å²) in [5.41, 5.74) is 1.34. The second kappa shape index (κ2) is 12.0. The van der Waals surface area contributed by atoms with E-state index >= 15 is 0 Å². The highest BCUT2D eigenvalue weighted by atomic mass is 79.9. The third-order valence-corrected chi connectivity index (χ3v) is 6.69. The van der Waals surface area contributed by atoms with Crippen molar-refractivity contribution < 1.29 is 14.7 Å². The number of hydrogen-bond donors (Lipinski definition) is 5. The molecule has 12 heteroatoms. The van der Waals surface area contributed by atoms with Gasteiger partial charge in [-0.05, 0) is 58.4 Å². The van der Waals surface area contributed by atoms with Gasteiger partial charge in [0.25, 0.3) is 5.91 Å². The highest BCUT2D eigenvalue weighted by molar-refractivity contribution is 9.10. The quantitative estimate of drug-likeness (QED) is 0.251. The molecule has 3 amide bonds. The fraction of sp³-hybridized carbons (Fsp3) is 0.304. The Balaban J connectivity index is 1.27. The Kier molecular flexibility index (Phi) is 8.50. The predicted molar refractivity (Wildman–Crippen MR) is 140 cm³/mol. The molecule has 1 atom stereocenters. The maximum absolute atomic E-state index is 12.4. The van der Waals surface area contributed by atoms with Gasteiger partial charge in [0.2, 0.25) is 5.95 Å². The smallest absolute Gasteiger partial charge is 0.321 e. The van der Waals surface area contributed by atoms with Crippen molar-refractivity contribution in [3.05, 3.63) is 57.3 Å². The lowest BCUT2D eigenvalue weighted by atomic mass is 10.3.